The molecule has 31 heavy (non-hydrogen) atoms. The number of ether oxygens (including phenoxy) is 1. The Morgan fingerprint density at radius 3 is 2.45 bits per heavy atom. The lowest BCUT2D eigenvalue weighted by Gasteiger charge is -2.18. The molecule has 2 heterocycles. The molecule has 3 aromatic rings. The van der Waals surface area contributed by atoms with Gasteiger partial charge in [0, 0.05) is 26.5 Å². The molecule has 1 atom stereocenters. The lowest BCUT2D eigenvalue weighted by Crippen LogP contribution is -2.36. The normalized spacial score (nSPS) is 11.6. The maximum Gasteiger partial charge on any atom is 0.326 e. The number of likely N-dealkylation sites (N-methyl/N-ethyl adjacent to an activating group) is 1. The van der Waals surface area contributed by atoms with Gasteiger partial charge < -0.3 is 15.0 Å². The summed E-state index contributed by atoms with van der Waals surface area (Å²) in [6.45, 7) is 3.04. The largest absolute Gasteiger partial charge is 0.451 e. The summed E-state index contributed by atoms with van der Waals surface area (Å²) in [6, 6.07) is 10.8. The summed E-state index contributed by atoms with van der Waals surface area (Å²) < 4.78 is 8.32. The minimum Gasteiger partial charge on any atom is -0.451 e. The van der Waals surface area contributed by atoms with Crippen LogP contribution in [0.5, 0.6) is 0 Å². The lowest BCUT2D eigenvalue weighted by molar-refractivity contribution is -0.151. The van der Waals surface area contributed by atoms with E-state index in [2.05, 4.69) is 15.3 Å². The molecule has 10 nitrogen and oxygen atoms in total. The van der Waals surface area contributed by atoms with Gasteiger partial charge >= 0.3 is 5.97 Å². The van der Waals surface area contributed by atoms with Crippen LogP contribution in [0, 0.1) is 6.92 Å². The van der Waals surface area contributed by atoms with Gasteiger partial charge in [-0.2, -0.15) is 0 Å². The fraction of sp³-hybridized carbons (Fsp3) is 0.286. The van der Waals surface area contributed by atoms with E-state index in [1.807, 2.05) is 18.2 Å². The Balaban J connectivity index is 1.67. The van der Waals surface area contributed by atoms with Crippen LogP contribution in [0.2, 0.25) is 0 Å². The van der Waals surface area contributed by atoms with E-state index in [-0.39, 0.29) is 17.8 Å². The molecule has 0 radical (unpaired) electrons. The molecule has 0 spiro atoms. The van der Waals surface area contributed by atoms with E-state index in [4.69, 9.17) is 4.74 Å². The van der Waals surface area contributed by atoms with Crippen LogP contribution in [0.4, 0.5) is 11.6 Å². The fourth-order valence-corrected chi connectivity index (χ4v) is 2.98. The van der Waals surface area contributed by atoms with E-state index >= 15 is 0 Å². The fourth-order valence-electron chi connectivity index (χ4n) is 2.98. The van der Waals surface area contributed by atoms with Crippen LogP contribution in [-0.4, -0.2) is 50.9 Å². The predicted molar refractivity (Wildman–Crippen MR) is 115 cm³/mol. The highest BCUT2D eigenvalue weighted by molar-refractivity contribution is 5.95. The number of anilines is 2. The molecule has 0 saturated heterocycles. The molecule has 0 fully saturated rings. The number of hydrogen-bond acceptors (Lipinski definition) is 7. The van der Waals surface area contributed by atoms with E-state index in [1.54, 1.807) is 56.3 Å². The van der Waals surface area contributed by atoms with Crippen molar-refractivity contribution in [2.24, 2.45) is 7.05 Å². The van der Waals surface area contributed by atoms with E-state index in [1.165, 1.54) is 16.5 Å². The zero-order valence-corrected chi connectivity index (χ0v) is 17.8. The third-order valence-corrected chi connectivity index (χ3v) is 4.74. The zero-order chi connectivity index (χ0) is 22.5. The highest BCUT2D eigenvalue weighted by atomic mass is 16.5. The average Bonchev–Trinajstić information content (AvgIpc) is 2.97. The van der Waals surface area contributed by atoms with E-state index < -0.39 is 18.0 Å². The summed E-state index contributed by atoms with van der Waals surface area (Å²) in [5.41, 5.74) is 0.999. The predicted octanol–water partition coefficient (Wildman–Crippen LogP) is 1.28. The van der Waals surface area contributed by atoms with Crippen molar-refractivity contribution in [1.29, 1.82) is 0 Å². The Kier molecular flexibility index (Phi) is 6.49. The Labute approximate surface area is 179 Å². The maximum absolute atomic E-state index is 12.9. The third kappa shape index (κ3) is 4.80. The number of aromatic nitrogens is 4. The molecule has 0 aliphatic rings. The number of rotatable bonds is 7. The molecule has 1 aromatic carbocycles. The van der Waals surface area contributed by atoms with Crippen LogP contribution in [-0.2, 0) is 21.4 Å². The van der Waals surface area contributed by atoms with Gasteiger partial charge in [0.15, 0.2) is 6.10 Å². The topological polar surface area (TPSA) is 111 Å². The summed E-state index contributed by atoms with van der Waals surface area (Å²) in [5.74, 6) is -0.861. The lowest BCUT2D eigenvalue weighted by atomic mass is 10.3. The summed E-state index contributed by atoms with van der Waals surface area (Å²) in [6.07, 6.45) is 2.02. The van der Waals surface area contributed by atoms with E-state index in [9.17, 15) is 14.4 Å². The monoisotopic (exact) mass is 424 g/mol. The summed E-state index contributed by atoms with van der Waals surface area (Å²) >= 11 is 0. The van der Waals surface area contributed by atoms with Crippen molar-refractivity contribution in [3.8, 4) is 5.69 Å². The number of carbonyl (C=O) groups is 2. The first kappa shape index (κ1) is 21.8. The van der Waals surface area contributed by atoms with Crippen molar-refractivity contribution in [2.75, 3.05) is 23.8 Å². The molecule has 1 unspecified atom stereocenters. The molecule has 1 N–H and O–H groups in total. The Bertz CT molecular complexity index is 1120. The highest BCUT2D eigenvalue weighted by Gasteiger charge is 2.23. The number of nitrogens with one attached hydrogen (secondary N) is 1. The van der Waals surface area contributed by atoms with Crippen LogP contribution in [0.15, 0.2) is 53.6 Å². The Morgan fingerprint density at radius 2 is 1.81 bits per heavy atom. The van der Waals surface area contributed by atoms with Gasteiger partial charge in [0.1, 0.15) is 12.2 Å². The van der Waals surface area contributed by atoms with Crippen LogP contribution in [0.3, 0.4) is 0 Å². The minimum absolute atomic E-state index is 0.132. The second-order valence-corrected chi connectivity index (χ2v) is 6.96. The van der Waals surface area contributed by atoms with Gasteiger partial charge in [-0.3, -0.25) is 19.1 Å². The summed E-state index contributed by atoms with van der Waals surface area (Å²) in [4.78, 5) is 47.3. The average molecular weight is 424 g/mol. The quantitative estimate of drug-likeness (QED) is 0.569. The maximum atomic E-state index is 12.9. The Morgan fingerprint density at radius 1 is 1.16 bits per heavy atom. The molecule has 0 aliphatic carbocycles. The molecule has 3 rings (SSSR count). The van der Waals surface area contributed by atoms with Crippen molar-refractivity contribution in [3.63, 3.8) is 0 Å². The number of nitrogens with zero attached hydrogens (tertiary/aromatic N) is 5. The van der Waals surface area contributed by atoms with E-state index in [0.29, 0.717) is 17.3 Å². The number of esters is 1. The second kappa shape index (κ2) is 9.24. The molecule has 162 valence electrons. The number of carbonyl (C=O) groups excluding carboxylic acids is 2. The SMILES string of the molecule is Cc1c(NC(=O)C(C)OC(=O)CN(C)c2ncccn2)c(=O)n(-c2ccccc2)n1C. The van der Waals surface area contributed by atoms with Crippen LogP contribution < -0.4 is 15.8 Å². The van der Waals surface area contributed by atoms with Gasteiger partial charge in [0.05, 0.1) is 11.4 Å². The number of hydrogen-bond donors (Lipinski definition) is 1. The molecule has 0 saturated carbocycles. The van der Waals surface area contributed by atoms with Crippen molar-refractivity contribution in [2.45, 2.75) is 20.0 Å². The van der Waals surface area contributed by atoms with Crippen molar-refractivity contribution in [1.82, 2.24) is 19.3 Å². The first-order valence-electron chi connectivity index (χ1n) is 9.62. The molecular weight excluding hydrogens is 400 g/mol. The van der Waals surface area contributed by atoms with Crippen molar-refractivity contribution in [3.05, 3.63) is 64.8 Å². The third-order valence-electron chi connectivity index (χ3n) is 4.74. The summed E-state index contributed by atoms with van der Waals surface area (Å²) in [7, 11) is 3.37. The molecule has 10 heteroatoms. The van der Waals surface area contributed by atoms with Gasteiger partial charge in [-0.1, -0.05) is 18.2 Å². The first-order chi connectivity index (χ1) is 14.8. The minimum atomic E-state index is -1.10. The molecular formula is C21H24N6O4. The number of amides is 1. The number of para-hydroxylation sites is 1. The van der Waals surface area contributed by atoms with Gasteiger partial charge in [0.25, 0.3) is 11.5 Å². The van der Waals surface area contributed by atoms with Crippen LogP contribution in [0.25, 0.3) is 5.69 Å². The number of benzene rings is 1. The summed E-state index contributed by atoms with van der Waals surface area (Å²) in [5, 5.41) is 2.59. The zero-order valence-electron chi connectivity index (χ0n) is 17.8. The molecule has 0 aliphatic heterocycles. The van der Waals surface area contributed by atoms with Crippen LogP contribution >= 0.6 is 0 Å². The van der Waals surface area contributed by atoms with Crippen molar-refractivity contribution < 1.29 is 14.3 Å². The second-order valence-electron chi connectivity index (χ2n) is 6.96. The smallest absolute Gasteiger partial charge is 0.326 e. The van der Waals surface area contributed by atoms with Gasteiger partial charge in [-0.15, -0.1) is 0 Å². The highest BCUT2D eigenvalue weighted by Crippen LogP contribution is 2.14. The molecule has 1 amide bonds. The Hall–Kier alpha value is -3.95. The van der Waals surface area contributed by atoms with Crippen molar-refractivity contribution >= 4 is 23.5 Å². The molecule has 2 aromatic heterocycles. The van der Waals surface area contributed by atoms with E-state index in [0.717, 1.165) is 0 Å². The molecule has 0 bridgehead atoms. The van der Waals surface area contributed by atoms with Gasteiger partial charge in [0.2, 0.25) is 5.95 Å². The standard InChI is InChI=1S/C21H24N6O4/c1-14-18(20(30)27(26(14)4)16-9-6-5-7-10-16)24-19(29)15(2)31-17(28)13-25(3)21-22-11-8-12-23-21/h5-12,15H,13H2,1-4H3,(H,24,29). The van der Waals surface area contributed by atoms with Gasteiger partial charge in [-0.05, 0) is 32.0 Å². The first-order valence-corrected chi connectivity index (χ1v) is 9.62. The van der Waals surface area contributed by atoms with Gasteiger partial charge in [-0.25, -0.2) is 14.6 Å². The van der Waals surface area contributed by atoms with Crippen LogP contribution in [0.1, 0.15) is 12.6 Å².